The molecule has 0 saturated carbocycles. The lowest BCUT2D eigenvalue weighted by molar-refractivity contribution is -0.289. The molecule has 0 radical (unpaired) electrons. The lowest BCUT2D eigenvalue weighted by atomic mass is 9.99. The Bertz CT molecular complexity index is 1610. The van der Waals surface area contributed by atoms with Gasteiger partial charge in [-0.1, -0.05) is 0 Å². The predicted molar refractivity (Wildman–Crippen MR) is 148 cm³/mol. The molecule has 244 valence electrons. The van der Waals surface area contributed by atoms with E-state index >= 15 is 0 Å². The summed E-state index contributed by atoms with van der Waals surface area (Å²) < 4.78 is 49.7. The number of benzene rings is 2. The van der Waals surface area contributed by atoms with Crippen LogP contribution in [0.3, 0.4) is 0 Å². The average Bonchev–Trinajstić information content (AvgIpc) is 3.63. The average molecular weight is 637 g/mol. The second-order valence-corrected chi connectivity index (χ2v) is 10.7. The summed E-state index contributed by atoms with van der Waals surface area (Å²) in [6.45, 7) is -1.62. The number of fused-ring (bicyclic) bond motifs is 2. The summed E-state index contributed by atoms with van der Waals surface area (Å²) in [5, 5.41) is 61.5. The normalized spacial score (nSPS) is 30.9. The van der Waals surface area contributed by atoms with E-state index in [1.165, 1.54) is 32.6 Å². The molecule has 0 bridgehead atoms. The summed E-state index contributed by atoms with van der Waals surface area (Å²) in [5.74, 6) is 1.29. The lowest BCUT2D eigenvalue weighted by Crippen LogP contribution is -2.60. The third kappa shape index (κ3) is 5.54. The van der Waals surface area contributed by atoms with Gasteiger partial charge in [-0.05, 0) is 12.1 Å². The minimum absolute atomic E-state index is 0.0311. The van der Waals surface area contributed by atoms with Gasteiger partial charge < -0.3 is 73.0 Å². The van der Waals surface area contributed by atoms with Crippen molar-refractivity contribution in [3.63, 3.8) is 0 Å². The van der Waals surface area contributed by atoms with Crippen LogP contribution in [0, 0.1) is 0 Å². The van der Waals surface area contributed by atoms with E-state index in [1.807, 2.05) is 0 Å². The first-order chi connectivity index (χ1) is 21.6. The highest BCUT2D eigenvalue weighted by atomic mass is 16.7. The van der Waals surface area contributed by atoms with Crippen molar-refractivity contribution in [3.8, 4) is 39.9 Å². The molecule has 3 aliphatic heterocycles. The first-order valence-corrected chi connectivity index (χ1v) is 13.8. The summed E-state index contributed by atoms with van der Waals surface area (Å²) >= 11 is 0. The van der Waals surface area contributed by atoms with E-state index in [9.17, 15) is 35.4 Å². The number of aliphatic hydroxyl groups excluding tert-OH is 5. The van der Waals surface area contributed by atoms with Crippen LogP contribution in [-0.2, 0) is 14.2 Å². The quantitative estimate of drug-likeness (QED) is 0.163. The molecule has 45 heavy (non-hydrogen) atoms. The highest BCUT2D eigenvalue weighted by Crippen LogP contribution is 2.42. The van der Waals surface area contributed by atoms with Crippen LogP contribution in [0.2, 0.25) is 0 Å². The van der Waals surface area contributed by atoms with Gasteiger partial charge in [-0.3, -0.25) is 4.79 Å². The maximum atomic E-state index is 13.6. The Labute approximate surface area is 254 Å². The molecule has 6 rings (SSSR count). The van der Waals surface area contributed by atoms with Crippen molar-refractivity contribution in [1.29, 1.82) is 0 Å². The largest absolute Gasteiger partial charge is 0.496 e. The van der Waals surface area contributed by atoms with Crippen molar-refractivity contribution in [3.05, 3.63) is 40.8 Å². The maximum absolute atomic E-state index is 13.6. The molecule has 3 aliphatic rings. The van der Waals surface area contributed by atoms with Gasteiger partial charge in [0.25, 0.3) is 0 Å². The molecule has 16 heteroatoms. The Morgan fingerprint density at radius 1 is 0.889 bits per heavy atom. The van der Waals surface area contributed by atoms with Crippen LogP contribution in [0.1, 0.15) is 0 Å². The Kier molecular flexibility index (Phi) is 8.51. The highest BCUT2D eigenvalue weighted by molar-refractivity contribution is 5.86. The van der Waals surface area contributed by atoms with Gasteiger partial charge in [-0.15, -0.1) is 0 Å². The monoisotopic (exact) mass is 636 g/mol. The summed E-state index contributed by atoms with van der Waals surface area (Å²) in [6.07, 6.45) is -9.72. The van der Waals surface area contributed by atoms with E-state index in [2.05, 4.69) is 0 Å². The Morgan fingerprint density at radius 3 is 2.31 bits per heavy atom. The molecule has 2 fully saturated rings. The van der Waals surface area contributed by atoms with Crippen molar-refractivity contribution in [2.24, 2.45) is 0 Å². The number of aliphatic hydroxyl groups is 6. The summed E-state index contributed by atoms with van der Waals surface area (Å²) in [7, 11) is 2.78. The molecule has 4 heterocycles. The second-order valence-electron chi connectivity index (χ2n) is 10.7. The zero-order chi connectivity index (χ0) is 32.0. The molecule has 0 spiro atoms. The third-order valence-electron chi connectivity index (χ3n) is 7.96. The molecule has 6 N–H and O–H groups in total. The van der Waals surface area contributed by atoms with E-state index in [0.717, 1.165) is 0 Å². The van der Waals surface area contributed by atoms with Crippen molar-refractivity contribution >= 4 is 11.0 Å². The van der Waals surface area contributed by atoms with Gasteiger partial charge in [0, 0.05) is 17.7 Å². The van der Waals surface area contributed by atoms with Gasteiger partial charge in [0.1, 0.15) is 53.7 Å². The second kappa shape index (κ2) is 12.2. The van der Waals surface area contributed by atoms with Crippen molar-refractivity contribution in [2.75, 3.05) is 40.8 Å². The molecular weight excluding hydrogens is 604 g/mol. The molecule has 1 aromatic heterocycles. The summed E-state index contributed by atoms with van der Waals surface area (Å²) in [5.41, 5.74) is -1.68. The fourth-order valence-electron chi connectivity index (χ4n) is 5.28. The van der Waals surface area contributed by atoms with Crippen LogP contribution in [-0.4, -0.2) is 120 Å². The fraction of sp³-hybridized carbons (Fsp3) is 0.483. The molecular formula is C29H32O16. The first kappa shape index (κ1) is 31.3. The van der Waals surface area contributed by atoms with Crippen LogP contribution in [0.15, 0.2) is 39.7 Å². The van der Waals surface area contributed by atoms with Crippen molar-refractivity contribution in [1.82, 2.24) is 0 Å². The van der Waals surface area contributed by atoms with E-state index in [4.69, 9.17) is 42.3 Å². The Morgan fingerprint density at radius 2 is 1.62 bits per heavy atom. The zero-order valence-electron chi connectivity index (χ0n) is 24.0. The minimum atomic E-state index is -1.93. The van der Waals surface area contributed by atoms with Gasteiger partial charge in [0.2, 0.25) is 18.5 Å². The number of hydrogen-bond donors (Lipinski definition) is 6. The molecule has 0 amide bonds. The number of ether oxygens (including phenoxy) is 8. The number of rotatable bonds is 9. The van der Waals surface area contributed by atoms with Crippen LogP contribution in [0.5, 0.6) is 28.7 Å². The zero-order valence-corrected chi connectivity index (χ0v) is 24.0. The fourth-order valence-corrected chi connectivity index (χ4v) is 5.28. The highest BCUT2D eigenvalue weighted by Gasteiger charge is 2.50. The molecule has 2 saturated heterocycles. The van der Waals surface area contributed by atoms with Crippen molar-refractivity contribution in [2.45, 2.75) is 48.7 Å². The van der Waals surface area contributed by atoms with Gasteiger partial charge in [-0.2, -0.15) is 0 Å². The summed E-state index contributed by atoms with van der Waals surface area (Å²) in [4.78, 5) is 13.6. The van der Waals surface area contributed by atoms with E-state index in [0.29, 0.717) is 22.8 Å². The maximum Gasteiger partial charge on any atom is 0.231 e. The third-order valence-corrected chi connectivity index (χ3v) is 7.96. The Hall–Kier alpha value is -3.71. The van der Waals surface area contributed by atoms with Crippen LogP contribution in [0.4, 0.5) is 0 Å². The molecule has 3 aromatic rings. The molecule has 2 aromatic carbocycles. The topological polar surface area (TPSA) is 225 Å². The number of hydrogen-bond acceptors (Lipinski definition) is 16. The van der Waals surface area contributed by atoms with Gasteiger partial charge >= 0.3 is 0 Å². The van der Waals surface area contributed by atoms with Crippen LogP contribution in [0.25, 0.3) is 22.1 Å². The molecule has 0 aliphatic carbocycles. The smallest absolute Gasteiger partial charge is 0.231 e. The van der Waals surface area contributed by atoms with E-state index in [-0.39, 0.29) is 34.8 Å². The SMILES string of the molecule is COc1cc2c(=O)c(-c3cc4c(cc3OC)OCO4)coc2cc1O[C@@H]1O[C@@H](CO[C@@H]2OC[C@](O)(CO)[C@H]2O)[C@@H](O)[C@H](O)[C@H]1O. The van der Waals surface area contributed by atoms with Crippen LogP contribution >= 0.6 is 0 Å². The summed E-state index contributed by atoms with van der Waals surface area (Å²) in [6, 6.07) is 5.94. The van der Waals surface area contributed by atoms with Crippen molar-refractivity contribution < 1.29 is 73.0 Å². The predicted octanol–water partition coefficient (Wildman–Crippen LogP) is -1.15. The standard InChI is InChI=1S/C29H32O16/c1-37-15-5-19-18(42-11-43-19)3-12(15)14-7-39-16-6-20(17(38-2)4-13(16)22(14)31)44-27-25(34)24(33)23(32)21(45-27)8-40-28-26(35)29(36,9-30)10-41-28/h3-7,21,23-28,30,32-36H,8-11H2,1-2H3/t21-,23+,24-,25+,26-,27+,28+,29+/m0/s1. The van der Waals surface area contributed by atoms with Crippen LogP contribution < -0.4 is 29.1 Å². The molecule has 0 unspecified atom stereocenters. The van der Waals surface area contributed by atoms with Gasteiger partial charge in [-0.25, -0.2) is 0 Å². The molecule has 16 nitrogen and oxygen atoms in total. The van der Waals surface area contributed by atoms with E-state index < -0.39 is 74.0 Å². The molecule has 8 atom stereocenters. The van der Waals surface area contributed by atoms with Gasteiger partial charge in [0.15, 0.2) is 29.3 Å². The number of methoxy groups -OCH3 is 2. The van der Waals surface area contributed by atoms with E-state index in [1.54, 1.807) is 12.1 Å². The minimum Gasteiger partial charge on any atom is -0.496 e. The first-order valence-electron chi connectivity index (χ1n) is 13.8. The Balaban J connectivity index is 1.24. The lowest BCUT2D eigenvalue weighted by Gasteiger charge is -2.40. The van der Waals surface area contributed by atoms with Gasteiger partial charge in [0.05, 0.1) is 45.0 Å².